The third kappa shape index (κ3) is 8.35. The van der Waals surface area contributed by atoms with Gasteiger partial charge in [-0.25, -0.2) is 4.79 Å². The largest absolute Gasteiger partial charge is 0.478 e. The van der Waals surface area contributed by atoms with Crippen molar-refractivity contribution in [1.82, 2.24) is 4.57 Å². The Balaban J connectivity index is 1.33. The van der Waals surface area contributed by atoms with E-state index >= 15 is 0 Å². The van der Waals surface area contributed by atoms with Gasteiger partial charge in [-0.05, 0) is 91.3 Å². The number of nitrogens with zero attached hydrogens (tertiary/aromatic N) is 1. The van der Waals surface area contributed by atoms with Crippen LogP contribution in [0.4, 0.5) is 0 Å². The average Bonchev–Trinajstić information content (AvgIpc) is 3.32. The minimum atomic E-state index is -0.964. The van der Waals surface area contributed by atoms with Crippen LogP contribution < -0.4 is 4.74 Å². The lowest BCUT2D eigenvalue weighted by Gasteiger charge is -2.16. The van der Waals surface area contributed by atoms with Gasteiger partial charge in [0.05, 0.1) is 0 Å². The van der Waals surface area contributed by atoms with Crippen LogP contribution >= 0.6 is 0 Å². The molecule has 3 aromatic carbocycles. The predicted octanol–water partition coefficient (Wildman–Crippen LogP) is 8.29. The number of carbonyl (C=O) groups is 1. The first-order chi connectivity index (χ1) is 19.0. The number of hydrogen-bond donors (Lipinski definition) is 1. The van der Waals surface area contributed by atoms with Crippen molar-refractivity contribution in [2.45, 2.75) is 77.9 Å². The zero-order valence-corrected chi connectivity index (χ0v) is 23.3. The molecule has 0 aliphatic heterocycles. The summed E-state index contributed by atoms with van der Waals surface area (Å²) in [5, 5.41) is 9.67. The van der Waals surface area contributed by atoms with Crippen LogP contribution in [0.2, 0.25) is 0 Å². The Bertz CT molecular complexity index is 1290. The van der Waals surface area contributed by atoms with Crippen LogP contribution in [0.5, 0.6) is 5.75 Å². The summed E-state index contributed by atoms with van der Waals surface area (Å²) >= 11 is 0. The average molecular weight is 524 g/mol. The van der Waals surface area contributed by atoms with Crippen LogP contribution in [-0.2, 0) is 30.6 Å². The number of carboxylic acid groups (broad SMARTS) is 1. The molecule has 0 amide bonds. The van der Waals surface area contributed by atoms with Gasteiger partial charge in [0.15, 0.2) is 6.10 Å². The van der Waals surface area contributed by atoms with Gasteiger partial charge in [0.1, 0.15) is 5.75 Å². The zero-order valence-electron chi connectivity index (χ0n) is 23.3. The molecule has 204 valence electrons. The van der Waals surface area contributed by atoms with Crippen molar-refractivity contribution in [3.8, 4) is 17.0 Å². The van der Waals surface area contributed by atoms with Gasteiger partial charge in [-0.3, -0.25) is 0 Å². The van der Waals surface area contributed by atoms with Crippen molar-refractivity contribution < 1.29 is 14.6 Å². The van der Waals surface area contributed by atoms with E-state index in [1.807, 2.05) is 54.6 Å². The molecule has 0 fully saturated rings. The number of benzene rings is 3. The molecule has 0 spiro atoms. The number of hydrogen-bond acceptors (Lipinski definition) is 2. The van der Waals surface area contributed by atoms with Gasteiger partial charge in [0, 0.05) is 24.4 Å². The molecule has 0 saturated carbocycles. The normalized spacial score (nSPS) is 11.8. The van der Waals surface area contributed by atoms with Gasteiger partial charge in [0.25, 0.3) is 0 Å². The molecular formula is C35H41NO3. The standard InChI is InChI=1S/C35H41NO3/c1-3-4-5-7-11-28-16-18-29(19-17-28)14-10-25-36-27(2)15-24-33(36)31-20-22-32(23-21-31)39-34(35(37)38)26-30-12-8-6-9-13-30/h6,8-9,12-13,15-24,34H,3-5,7,10-11,14,25-26H2,1-2H3,(H,37,38)/t34-/m1/s1. The van der Waals surface area contributed by atoms with Crippen molar-refractivity contribution in [1.29, 1.82) is 0 Å². The molecule has 1 N–H and O–H groups in total. The second-order valence-corrected chi connectivity index (χ2v) is 10.4. The van der Waals surface area contributed by atoms with Gasteiger partial charge in [-0.2, -0.15) is 0 Å². The summed E-state index contributed by atoms with van der Waals surface area (Å²) in [6.07, 6.45) is 7.91. The zero-order chi connectivity index (χ0) is 27.5. The van der Waals surface area contributed by atoms with E-state index < -0.39 is 12.1 Å². The van der Waals surface area contributed by atoms with Crippen LogP contribution in [0, 0.1) is 6.92 Å². The Labute approximate surface area is 233 Å². The highest BCUT2D eigenvalue weighted by Gasteiger charge is 2.20. The SMILES string of the molecule is CCCCCCc1ccc(CCCn2c(C)ccc2-c2ccc(O[C@H](Cc3ccccc3)C(=O)O)cc2)cc1. The lowest BCUT2D eigenvalue weighted by molar-refractivity contribution is -0.145. The highest BCUT2D eigenvalue weighted by atomic mass is 16.5. The van der Waals surface area contributed by atoms with Gasteiger partial charge in [0.2, 0.25) is 0 Å². The van der Waals surface area contributed by atoms with E-state index in [1.165, 1.54) is 54.6 Å². The summed E-state index contributed by atoms with van der Waals surface area (Å²) < 4.78 is 8.22. The maximum atomic E-state index is 11.8. The topological polar surface area (TPSA) is 51.5 Å². The van der Waals surface area contributed by atoms with Crippen LogP contribution in [0.15, 0.2) is 91.0 Å². The summed E-state index contributed by atoms with van der Waals surface area (Å²) in [4.78, 5) is 11.8. The van der Waals surface area contributed by atoms with E-state index in [9.17, 15) is 9.90 Å². The smallest absolute Gasteiger partial charge is 0.345 e. The quantitative estimate of drug-likeness (QED) is 0.159. The van der Waals surface area contributed by atoms with Crippen molar-refractivity contribution in [3.63, 3.8) is 0 Å². The third-order valence-corrected chi connectivity index (χ3v) is 7.36. The van der Waals surface area contributed by atoms with Crippen molar-refractivity contribution in [3.05, 3.63) is 113 Å². The number of aliphatic carboxylic acids is 1. The second kappa shape index (κ2) is 14.4. The highest BCUT2D eigenvalue weighted by molar-refractivity contribution is 5.73. The Morgan fingerprint density at radius 1 is 0.769 bits per heavy atom. The van der Waals surface area contributed by atoms with Gasteiger partial charge in [-0.1, -0.05) is 80.8 Å². The number of aromatic nitrogens is 1. The van der Waals surface area contributed by atoms with E-state index in [1.54, 1.807) is 0 Å². The summed E-state index contributed by atoms with van der Waals surface area (Å²) in [7, 11) is 0. The maximum Gasteiger partial charge on any atom is 0.345 e. The molecule has 0 radical (unpaired) electrons. The first-order valence-electron chi connectivity index (χ1n) is 14.3. The summed E-state index contributed by atoms with van der Waals surface area (Å²) in [5.41, 5.74) is 7.28. The second-order valence-electron chi connectivity index (χ2n) is 10.4. The lowest BCUT2D eigenvalue weighted by atomic mass is 10.0. The molecule has 0 aliphatic rings. The van der Waals surface area contributed by atoms with E-state index in [4.69, 9.17) is 4.74 Å². The molecule has 0 unspecified atom stereocenters. The van der Waals surface area contributed by atoms with E-state index in [0.29, 0.717) is 12.2 Å². The predicted molar refractivity (Wildman–Crippen MR) is 159 cm³/mol. The minimum Gasteiger partial charge on any atom is -0.478 e. The fraction of sp³-hybridized carbons (Fsp3) is 0.343. The highest BCUT2D eigenvalue weighted by Crippen LogP contribution is 2.26. The molecule has 1 heterocycles. The number of rotatable bonds is 15. The Kier molecular flexibility index (Phi) is 10.4. The molecule has 1 atom stereocenters. The van der Waals surface area contributed by atoms with E-state index in [0.717, 1.165) is 30.5 Å². The number of carboxylic acids is 1. The first-order valence-corrected chi connectivity index (χ1v) is 14.3. The van der Waals surface area contributed by atoms with Gasteiger partial charge < -0.3 is 14.4 Å². The van der Waals surface area contributed by atoms with Crippen LogP contribution in [0.1, 0.15) is 61.4 Å². The minimum absolute atomic E-state index is 0.321. The van der Waals surface area contributed by atoms with Gasteiger partial charge in [-0.15, -0.1) is 0 Å². The molecule has 4 rings (SSSR count). The molecule has 0 bridgehead atoms. The van der Waals surface area contributed by atoms with Crippen LogP contribution in [-0.4, -0.2) is 21.7 Å². The fourth-order valence-electron chi connectivity index (χ4n) is 5.06. The maximum absolute atomic E-state index is 11.8. The molecule has 4 nitrogen and oxygen atoms in total. The first kappa shape index (κ1) is 28.2. The molecule has 0 saturated heterocycles. The molecule has 0 aliphatic carbocycles. The summed E-state index contributed by atoms with van der Waals surface area (Å²) in [6, 6.07) is 30.8. The number of ether oxygens (including phenoxy) is 1. The molecule has 1 aromatic heterocycles. The third-order valence-electron chi connectivity index (χ3n) is 7.36. The van der Waals surface area contributed by atoms with Crippen molar-refractivity contribution in [2.24, 2.45) is 0 Å². The molecule has 39 heavy (non-hydrogen) atoms. The van der Waals surface area contributed by atoms with Crippen LogP contribution in [0.3, 0.4) is 0 Å². The van der Waals surface area contributed by atoms with Crippen LogP contribution in [0.25, 0.3) is 11.3 Å². The van der Waals surface area contributed by atoms with Gasteiger partial charge >= 0.3 is 5.97 Å². The Morgan fingerprint density at radius 2 is 1.44 bits per heavy atom. The Hall–Kier alpha value is -3.79. The lowest BCUT2D eigenvalue weighted by Crippen LogP contribution is -2.29. The number of aryl methyl sites for hydroxylation is 3. The monoisotopic (exact) mass is 523 g/mol. The molecule has 4 aromatic rings. The van der Waals surface area contributed by atoms with E-state index in [2.05, 4.69) is 54.8 Å². The van der Waals surface area contributed by atoms with E-state index in [-0.39, 0.29) is 0 Å². The summed E-state index contributed by atoms with van der Waals surface area (Å²) in [6.45, 7) is 5.35. The number of unbranched alkanes of at least 4 members (excludes halogenated alkanes) is 3. The molecule has 4 heteroatoms. The summed E-state index contributed by atoms with van der Waals surface area (Å²) in [5.74, 6) is -0.403. The van der Waals surface area contributed by atoms with Crippen molar-refractivity contribution in [2.75, 3.05) is 0 Å². The molecular weight excluding hydrogens is 482 g/mol. The Morgan fingerprint density at radius 3 is 2.08 bits per heavy atom. The van der Waals surface area contributed by atoms with Crippen molar-refractivity contribution >= 4 is 5.97 Å². The fourth-order valence-corrected chi connectivity index (χ4v) is 5.06.